The molecule has 2 aromatic heterocycles. The van der Waals surface area contributed by atoms with Gasteiger partial charge in [0.2, 0.25) is 11.9 Å². The number of carbonyl (C=O) groups is 3. The molecule has 0 spiro atoms. The van der Waals surface area contributed by atoms with Gasteiger partial charge in [0.1, 0.15) is 6.04 Å². The Kier molecular flexibility index (Phi) is 14.5. The molecule has 52 heavy (non-hydrogen) atoms. The van der Waals surface area contributed by atoms with Crippen LogP contribution in [0.4, 0.5) is 11.6 Å². The van der Waals surface area contributed by atoms with Gasteiger partial charge in [-0.05, 0) is 65.3 Å². The number of carbonyl (C=O) groups excluding carboxylic acids is 2. The van der Waals surface area contributed by atoms with Gasteiger partial charge in [0, 0.05) is 37.2 Å². The Labute approximate surface area is 298 Å². The van der Waals surface area contributed by atoms with Crippen molar-refractivity contribution in [1.29, 1.82) is 0 Å². The number of nitrogens with one attached hydrogen (secondary N) is 6. The molecule has 20 nitrogen and oxygen atoms in total. The normalized spacial score (nSPS) is 13.1. The number of anilines is 2. The Morgan fingerprint density at radius 2 is 1.73 bits per heavy atom. The summed E-state index contributed by atoms with van der Waals surface area (Å²) in [6, 6.07) is 5.16. The van der Waals surface area contributed by atoms with Crippen LogP contribution in [-0.4, -0.2) is 101 Å². The lowest BCUT2D eigenvalue weighted by molar-refractivity contribution is -0.137. The number of hydrogen-bond donors (Lipinski definition) is 10. The van der Waals surface area contributed by atoms with Gasteiger partial charge in [0.15, 0.2) is 11.2 Å². The predicted octanol–water partition coefficient (Wildman–Crippen LogP) is 0.725. The first kappa shape index (κ1) is 40.7. The lowest BCUT2D eigenvalue weighted by Crippen LogP contribution is -2.51. The van der Waals surface area contributed by atoms with Crippen LogP contribution in [-0.2, 0) is 21.0 Å². The number of nitrogen functional groups attached to an aromatic ring is 1. The topological polar surface area (TPSA) is 304 Å². The number of nitrogens with two attached hydrogens (primary N) is 1. The lowest BCUT2D eigenvalue weighted by atomic mass is 9.95. The molecule has 0 fully saturated rings. The first-order valence-corrected chi connectivity index (χ1v) is 16.3. The SMILES string of the molecule is C/C(=N\O)C(C)(C)NOCCNC(C)(C)/C(CCNC(=O)C(CCC(=O)O)NC(=O)c1ccc(NCc2cnc3nc(N)[nH]c(=O)c3n2)cc1)=N/O. The number of aromatic amines is 1. The average molecular weight is 727 g/mol. The zero-order valence-corrected chi connectivity index (χ0v) is 29.6. The van der Waals surface area contributed by atoms with E-state index in [0.29, 0.717) is 29.3 Å². The van der Waals surface area contributed by atoms with Crippen LogP contribution < -0.4 is 38.0 Å². The quantitative estimate of drug-likeness (QED) is 0.0332. The van der Waals surface area contributed by atoms with Crippen LogP contribution >= 0.6 is 0 Å². The van der Waals surface area contributed by atoms with Crippen LogP contribution in [0.1, 0.15) is 69.9 Å². The third-order valence-electron chi connectivity index (χ3n) is 8.03. The first-order chi connectivity index (χ1) is 24.6. The third kappa shape index (κ3) is 12.0. The summed E-state index contributed by atoms with van der Waals surface area (Å²) in [4.78, 5) is 69.7. The van der Waals surface area contributed by atoms with E-state index in [1.54, 1.807) is 46.8 Å². The average Bonchev–Trinajstić information content (AvgIpc) is 3.10. The van der Waals surface area contributed by atoms with E-state index in [9.17, 15) is 29.5 Å². The summed E-state index contributed by atoms with van der Waals surface area (Å²) in [5, 5.41) is 46.1. The van der Waals surface area contributed by atoms with Crippen molar-refractivity contribution in [2.75, 3.05) is 30.7 Å². The Balaban J connectivity index is 1.52. The summed E-state index contributed by atoms with van der Waals surface area (Å²) >= 11 is 0. The van der Waals surface area contributed by atoms with E-state index in [1.807, 2.05) is 0 Å². The number of benzene rings is 1. The number of carboxylic acids is 1. The molecule has 11 N–H and O–H groups in total. The number of carboxylic acid groups (broad SMARTS) is 1. The Morgan fingerprint density at radius 1 is 1.02 bits per heavy atom. The molecule has 0 aliphatic heterocycles. The molecule has 0 bridgehead atoms. The maximum atomic E-state index is 13.1. The van der Waals surface area contributed by atoms with Crippen molar-refractivity contribution in [3.63, 3.8) is 0 Å². The second kappa shape index (κ2) is 18.5. The number of aromatic nitrogens is 4. The van der Waals surface area contributed by atoms with Crippen LogP contribution in [0.15, 0.2) is 45.6 Å². The number of fused-ring (bicyclic) bond motifs is 1. The number of aliphatic carboxylic acids is 1. The van der Waals surface area contributed by atoms with Crippen molar-refractivity contribution >= 4 is 52.0 Å². The van der Waals surface area contributed by atoms with E-state index < -0.39 is 40.5 Å². The van der Waals surface area contributed by atoms with Crippen LogP contribution in [0.2, 0.25) is 0 Å². The molecule has 0 saturated carbocycles. The number of hydroxylamine groups is 1. The summed E-state index contributed by atoms with van der Waals surface area (Å²) < 4.78 is 0. The zero-order chi connectivity index (χ0) is 38.5. The smallest absolute Gasteiger partial charge is 0.303 e. The Bertz CT molecular complexity index is 1830. The molecule has 0 saturated heterocycles. The highest BCUT2D eigenvalue weighted by molar-refractivity contribution is 5.98. The van der Waals surface area contributed by atoms with Gasteiger partial charge in [-0.25, -0.2) is 9.97 Å². The molecule has 0 aliphatic carbocycles. The van der Waals surface area contributed by atoms with Gasteiger partial charge in [0.05, 0.1) is 47.5 Å². The molecule has 0 aliphatic rings. The van der Waals surface area contributed by atoms with Crippen LogP contribution in [0, 0.1) is 0 Å². The summed E-state index contributed by atoms with van der Waals surface area (Å²) in [7, 11) is 0. The summed E-state index contributed by atoms with van der Waals surface area (Å²) in [5.74, 6) is -2.39. The van der Waals surface area contributed by atoms with Gasteiger partial charge < -0.3 is 42.5 Å². The number of oxime groups is 2. The second-order valence-electron chi connectivity index (χ2n) is 12.8. The van der Waals surface area contributed by atoms with Gasteiger partial charge in [-0.15, -0.1) is 0 Å². The maximum Gasteiger partial charge on any atom is 0.303 e. The number of rotatable bonds is 20. The van der Waals surface area contributed by atoms with E-state index in [1.165, 1.54) is 18.3 Å². The monoisotopic (exact) mass is 726 g/mol. The highest BCUT2D eigenvalue weighted by atomic mass is 16.6. The maximum absolute atomic E-state index is 13.1. The molecule has 282 valence electrons. The van der Waals surface area contributed by atoms with E-state index in [2.05, 4.69) is 57.0 Å². The van der Waals surface area contributed by atoms with E-state index in [-0.39, 0.29) is 61.6 Å². The molecule has 2 heterocycles. The summed E-state index contributed by atoms with van der Waals surface area (Å²) in [5.41, 5.74) is 8.57. The van der Waals surface area contributed by atoms with Gasteiger partial charge in [-0.3, -0.25) is 29.0 Å². The number of hydrogen-bond acceptors (Lipinski definition) is 16. The van der Waals surface area contributed by atoms with Crippen LogP contribution in [0.5, 0.6) is 0 Å². The fourth-order valence-corrected chi connectivity index (χ4v) is 4.63. The zero-order valence-electron chi connectivity index (χ0n) is 29.6. The highest BCUT2D eigenvalue weighted by Gasteiger charge is 2.27. The minimum absolute atomic E-state index is 0.0374. The largest absolute Gasteiger partial charge is 0.481 e. The molecule has 0 radical (unpaired) electrons. The first-order valence-electron chi connectivity index (χ1n) is 16.3. The van der Waals surface area contributed by atoms with Crippen LogP contribution in [0.25, 0.3) is 11.2 Å². The van der Waals surface area contributed by atoms with E-state index >= 15 is 0 Å². The van der Waals surface area contributed by atoms with Crippen molar-refractivity contribution in [2.24, 2.45) is 10.3 Å². The summed E-state index contributed by atoms with van der Waals surface area (Å²) in [6.45, 7) is 9.61. The van der Waals surface area contributed by atoms with Crippen molar-refractivity contribution in [1.82, 2.24) is 41.4 Å². The molecule has 1 unspecified atom stereocenters. The second-order valence-corrected chi connectivity index (χ2v) is 12.8. The van der Waals surface area contributed by atoms with E-state index in [0.717, 1.165) is 0 Å². The fourth-order valence-electron chi connectivity index (χ4n) is 4.63. The minimum Gasteiger partial charge on any atom is -0.481 e. The lowest BCUT2D eigenvalue weighted by Gasteiger charge is -2.28. The number of nitrogens with zero attached hydrogens (tertiary/aromatic N) is 5. The van der Waals surface area contributed by atoms with Crippen molar-refractivity contribution in [3.8, 4) is 0 Å². The molecule has 2 amide bonds. The number of H-pyrrole nitrogens is 1. The van der Waals surface area contributed by atoms with Crippen molar-refractivity contribution < 1.29 is 34.7 Å². The van der Waals surface area contributed by atoms with Crippen molar-refractivity contribution in [3.05, 3.63) is 52.1 Å². The number of amides is 2. The van der Waals surface area contributed by atoms with Gasteiger partial charge in [-0.1, -0.05) is 10.3 Å². The highest BCUT2D eigenvalue weighted by Crippen LogP contribution is 2.13. The molecule has 1 aromatic carbocycles. The minimum atomic E-state index is -1.16. The molecular formula is C32H46N12O8. The predicted molar refractivity (Wildman–Crippen MR) is 191 cm³/mol. The van der Waals surface area contributed by atoms with E-state index in [4.69, 9.17) is 15.8 Å². The fraction of sp³-hybridized carbons (Fsp3) is 0.469. The van der Waals surface area contributed by atoms with Crippen LogP contribution in [0.3, 0.4) is 0 Å². The van der Waals surface area contributed by atoms with Gasteiger partial charge in [-0.2, -0.15) is 10.5 Å². The van der Waals surface area contributed by atoms with Crippen molar-refractivity contribution in [2.45, 2.75) is 77.5 Å². The van der Waals surface area contributed by atoms with Gasteiger partial charge in [0.25, 0.3) is 11.5 Å². The standard InChI is InChI=1S/C32H46N12O8/c1-18(42-50)31(2,3)44-52-15-14-37-32(4,5)23(43-51)12-13-34-28(48)22(10-11-24(45)46)39-27(47)19-6-8-20(9-7-19)35-16-21-17-36-26-25(38-21)29(49)41-30(33)40-26/h6-9,17,22,35,37,44,50-51H,10-16H2,1-5H3,(H,34,48)(H,39,47)(H,45,46)(H3,33,36,40,41,49)/b42-18+,43-23+. The Hall–Kier alpha value is -5.73. The third-order valence-corrected chi connectivity index (χ3v) is 8.03. The molecule has 20 heteroatoms. The molecular weight excluding hydrogens is 680 g/mol. The molecule has 1 atom stereocenters. The summed E-state index contributed by atoms with van der Waals surface area (Å²) in [6.07, 6.45) is 1.07. The van der Waals surface area contributed by atoms with Gasteiger partial charge >= 0.3 is 5.97 Å². The Morgan fingerprint density at radius 3 is 2.38 bits per heavy atom. The molecule has 3 aromatic rings. The molecule has 3 rings (SSSR count).